The fourth-order valence-electron chi connectivity index (χ4n) is 1.87. The van der Waals surface area contributed by atoms with Crippen molar-refractivity contribution in [2.75, 3.05) is 12.4 Å². The van der Waals surface area contributed by atoms with Gasteiger partial charge in [-0.2, -0.15) is 11.8 Å². The second-order valence-corrected chi connectivity index (χ2v) is 7.25. The van der Waals surface area contributed by atoms with Crippen molar-refractivity contribution in [3.63, 3.8) is 0 Å². The summed E-state index contributed by atoms with van der Waals surface area (Å²) < 4.78 is 4.89. The Labute approximate surface area is 132 Å². The average molecular weight is 309 g/mol. The third-order valence-corrected chi connectivity index (χ3v) is 4.31. The molecule has 3 nitrogen and oxygen atoms in total. The van der Waals surface area contributed by atoms with Gasteiger partial charge in [0.15, 0.2) is 0 Å². The molecule has 1 aromatic rings. The highest BCUT2D eigenvalue weighted by Gasteiger charge is 2.14. The predicted molar refractivity (Wildman–Crippen MR) is 90.5 cm³/mol. The van der Waals surface area contributed by atoms with Crippen LogP contribution in [0.2, 0.25) is 0 Å². The standard InChI is InChI=1S/C17H27NO2S/c1-5-20-16(19)15(18)10-11-21-12-13-6-8-14(9-7-13)17(2,3)4/h6-9,15H,5,10-12,18H2,1-4H3. The molecule has 4 heteroatoms. The number of esters is 1. The van der Waals surface area contributed by atoms with Gasteiger partial charge in [-0.05, 0) is 35.6 Å². The molecular weight excluding hydrogens is 282 g/mol. The van der Waals surface area contributed by atoms with Crippen molar-refractivity contribution >= 4 is 17.7 Å². The molecule has 0 spiro atoms. The molecule has 2 N–H and O–H groups in total. The number of thioether (sulfide) groups is 1. The molecule has 21 heavy (non-hydrogen) atoms. The lowest BCUT2D eigenvalue weighted by Crippen LogP contribution is -2.32. The Kier molecular flexibility index (Phi) is 7.26. The molecule has 0 aliphatic rings. The molecule has 1 unspecified atom stereocenters. The highest BCUT2D eigenvalue weighted by molar-refractivity contribution is 7.98. The molecule has 0 bridgehead atoms. The molecule has 0 amide bonds. The normalized spacial score (nSPS) is 13.0. The maximum Gasteiger partial charge on any atom is 0.322 e. The van der Waals surface area contributed by atoms with E-state index in [2.05, 4.69) is 45.0 Å². The summed E-state index contributed by atoms with van der Waals surface area (Å²) in [5, 5.41) is 0. The van der Waals surface area contributed by atoms with Gasteiger partial charge >= 0.3 is 5.97 Å². The summed E-state index contributed by atoms with van der Waals surface area (Å²) in [6.45, 7) is 8.83. The van der Waals surface area contributed by atoms with Crippen molar-refractivity contribution < 1.29 is 9.53 Å². The van der Waals surface area contributed by atoms with Gasteiger partial charge < -0.3 is 10.5 Å². The lowest BCUT2D eigenvalue weighted by Gasteiger charge is -2.19. The van der Waals surface area contributed by atoms with Crippen LogP contribution >= 0.6 is 11.8 Å². The molecule has 1 rings (SSSR count). The van der Waals surface area contributed by atoms with Gasteiger partial charge in [-0.1, -0.05) is 45.0 Å². The number of carbonyl (C=O) groups is 1. The summed E-state index contributed by atoms with van der Waals surface area (Å²) in [6.07, 6.45) is 0.656. The van der Waals surface area contributed by atoms with E-state index in [0.29, 0.717) is 13.0 Å². The lowest BCUT2D eigenvalue weighted by molar-refractivity contribution is -0.144. The first kappa shape index (κ1) is 18.1. The van der Waals surface area contributed by atoms with Gasteiger partial charge in [-0.25, -0.2) is 0 Å². The van der Waals surface area contributed by atoms with E-state index in [9.17, 15) is 4.79 Å². The van der Waals surface area contributed by atoms with Crippen molar-refractivity contribution in [3.05, 3.63) is 35.4 Å². The van der Waals surface area contributed by atoms with Crippen LogP contribution in [0.5, 0.6) is 0 Å². The SMILES string of the molecule is CCOC(=O)C(N)CCSCc1ccc(C(C)(C)C)cc1. The topological polar surface area (TPSA) is 52.3 Å². The summed E-state index contributed by atoms with van der Waals surface area (Å²) in [6, 6.07) is 8.25. The Morgan fingerprint density at radius 2 is 1.90 bits per heavy atom. The molecule has 0 heterocycles. The Bertz CT molecular complexity index is 437. The van der Waals surface area contributed by atoms with E-state index in [-0.39, 0.29) is 11.4 Å². The molecule has 0 fully saturated rings. The Morgan fingerprint density at radius 3 is 2.43 bits per heavy atom. The minimum atomic E-state index is -0.499. The maximum atomic E-state index is 11.4. The van der Waals surface area contributed by atoms with Crippen LogP contribution in [0.15, 0.2) is 24.3 Å². The number of nitrogens with two attached hydrogens (primary N) is 1. The monoisotopic (exact) mass is 309 g/mol. The first-order valence-electron chi connectivity index (χ1n) is 7.44. The summed E-state index contributed by atoms with van der Waals surface area (Å²) in [5.74, 6) is 1.51. The minimum Gasteiger partial charge on any atom is -0.465 e. The van der Waals surface area contributed by atoms with E-state index in [4.69, 9.17) is 10.5 Å². The van der Waals surface area contributed by atoms with E-state index in [1.807, 2.05) is 0 Å². The number of benzene rings is 1. The minimum absolute atomic E-state index is 0.193. The zero-order valence-corrected chi connectivity index (χ0v) is 14.3. The molecular formula is C17H27NO2S. The van der Waals surface area contributed by atoms with Crippen LogP contribution in [-0.4, -0.2) is 24.4 Å². The zero-order valence-electron chi connectivity index (χ0n) is 13.5. The van der Waals surface area contributed by atoms with Crippen molar-refractivity contribution in [2.45, 2.75) is 51.3 Å². The summed E-state index contributed by atoms with van der Waals surface area (Å²) >= 11 is 1.80. The van der Waals surface area contributed by atoms with Crippen LogP contribution in [0.3, 0.4) is 0 Å². The van der Waals surface area contributed by atoms with Gasteiger partial charge in [0.25, 0.3) is 0 Å². The first-order valence-corrected chi connectivity index (χ1v) is 8.59. The van der Waals surface area contributed by atoms with Crippen molar-refractivity contribution in [3.8, 4) is 0 Å². The first-order chi connectivity index (χ1) is 9.84. The summed E-state index contributed by atoms with van der Waals surface area (Å²) in [5.41, 5.74) is 8.61. The predicted octanol–water partition coefficient (Wildman–Crippen LogP) is 3.50. The second-order valence-electron chi connectivity index (χ2n) is 6.15. The molecule has 0 saturated heterocycles. The fourth-order valence-corrected chi connectivity index (χ4v) is 2.86. The molecule has 1 atom stereocenters. The maximum absolute atomic E-state index is 11.4. The molecule has 0 aliphatic heterocycles. The highest BCUT2D eigenvalue weighted by Crippen LogP contribution is 2.23. The molecule has 0 saturated carbocycles. The van der Waals surface area contributed by atoms with Gasteiger partial charge in [-0.3, -0.25) is 4.79 Å². The number of hydrogen-bond acceptors (Lipinski definition) is 4. The third-order valence-electron chi connectivity index (χ3n) is 3.25. The molecule has 0 aliphatic carbocycles. The summed E-state index contributed by atoms with van der Waals surface area (Å²) in [7, 11) is 0. The number of rotatable bonds is 7. The Morgan fingerprint density at radius 1 is 1.29 bits per heavy atom. The summed E-state index contributed by atoms with van der Waals surface area (Å²) in [4.78, 5) is 11.4. The largest absolute Gasteiger partial charge is 0.465 e. The van der Waals surface area contributed by atoms with Gasteiger partial charge in [0.2, 0.25) is 0 Å². The van der Waals surface area contributed by atoms with Crippen LogP contribution in [0, 0.1) is 0 Å². The smallest absolute Gasteiger partial charge is 0.322 e. The Balaban J connectivity index is 2.32. The number of carbonyl (C=O) groups excluding carboxylic acids is 1. The van der Waals surface area contributed by atoms with Crippen LogP contribution < -0.4 is 5.73 Å². The van der Waals surface area contributed by atoms with Crippen molar-refractivity contribution in [1.29, 1.82) is 0 Å². The third kappa shape index (κ3) is 6.53. The van der Waals surface area contributed by atoms with Crippen LogP contribution in [0.1, 0.15) is 45.2 Å². The van der Waals surface area contributed by atoms with Crippen molar-refractivity contribution in [2.24, 2.45) is 5.73 Å². The zero-order chi connectivity index (χ0) is 15.9. The van der Waals surface area contributed by atoms with Gasteiger partial charge in [-0.15, -0.1) is 0 Å². The number of hydrogen-bond donors (Lipinski definition) is 1. The molecule has 1 aromatic carbocycles. The van der Waals surface area contributed by atoms with Crippen LogP contribution in [0.4, 0.5) is 0 Å². The average Bonchev–Trinajstić information content (AvgIpc) is 2.43. The van der Waals surface area contributed by atoms with Gasteiger partial charge in [0.1, 0.15) is 6.04 Å². The van der Waals surface area contributed by atoms with Gasteiger partial charge in [0, 0.05) is 5.75 Å². The van der Waals surface area contributed by atoms with E-state index < -0.39 is 6.04 Å². The highest BCUT2D eigenvalue weighted by atomic mass is 32.2. The van der Waals surface area contributed by atoms with Crippen LogP contribution in [-0.2, 0) is 20.7 Å². The molecule has 118 valence electrons. The van der Waals surface area contributed by atoms with Crippen molar-refractivity contribution in [1.82, 2.24) is 0 Å². The number of ether oxygens (including phenoxy) is 1. The fraction of sp³-hybridized carbons (Fsp3) is 0.588. The molecule has 0 aromatic heterocycles. The van der Waals surface area contributed by atoms with Crippen LogP contribution in [0.25, 0.3) is 0 Å². The van der Waals surface area contributed by atoms with Gasteiger partial charge in [0.05, 0.1) is 6.61 Å². The quantitative estimate of drug-likeness (QED) is 0.619. The van der Waals surface area contributed by atoms with E-state index in [0.717, 1.165) is 11.5 Å². The van der Waals surface area contributed by atoms with E-state index in [1.54, 1.807) is 18.7 Å². The van der Waals surface area contributed by atoms with E-state index in [1.165, 1.54) is 11.1 Å². The molecule has 0 radical (unpaired) electrons. The Hall–Kier alpha value is -1.00. The van der Waals surface area contributed by atoms with E-state index >= 15 is 0 Å². The second kappa shape index (κ2) is 8.44. The lowest BCUT2D eigenvalue weighted by atomic mass is 9.87.